The van der Waals surface area contributed by atoms with Crippen molar-refractivity contribution in [3.05, 3.63) is 0 Å². The molecular weight excluding hydrogens is 244 g/mol. The lowest BCUT2D eigenvalue weighted by atomic mass is 9.65. The summed E-state index contributed by atoms with van der Waals surface area (Å²) in [5.41, 5.74) is 0. The Morgan fingerprint density at radius 1 is 0.895 bits per heavy atom. The quantitative estimate of drug-likeness (QED) is 0.757. The standard InChI is InChI=1S/C15H22O4/c1-7(16)13-11-5-10(12(13)6-19-4)14(8(2)17)15(11)9(3)18/h10-15H,5-6H2,1-4H3. The number of carbonyl (C=O) groups is 3. The van der Waals surface area contributed by atoms with E-state index in [0.29, 0.717) is 6.61 Å². The molecule has 2 aliphatic rings. The molecule has 0 N–H and O–H groups in total. The minimum Gasteiger partial charge on any atom is -0.384 e. The van der Waals surface area contributed by atoms with Crippen LogP contribution in [-0.4, -0.2) is 31.1 Å². The highest BCUT2D eigenvalue weighted by atomic mass is 16.5. The van der Waals surface area contributed by atoms with Crippen LogP contribution in [0.3, 0.4) is 0 Å². The Morgan fingerprint density at radius 2 is 1.37 bits per heavy atom. The Bertz CT molecular complexity index is 414. The normalized spacial score (nSPS) is 40.4. The van der Waals surface area contributed by atoms with Crippen LogP contribution in [0.15, 0.2) is 0 Å². The molecule has 0 spiro atoms. The van der Waals surface area contributed by atoms with Crippen LogP contribution in [0.2, 0.25) is 0 Å². The fourth-order valence-corrected chi connectivity index (χ4v) is 4.67. The molecule has 2 saturated carbocycles. The molecule has 0 heterocycles. The summed E-state index contributed by atoms with van der Waals surface area (Å²) >= 11 is 0. The number of hydrogen-bond acceptors (Lipinski definition) is 4. The van der Waals surface area contributed by atoms with Crippen LogP contribution < -0.4 is 0 Å². The summed E-state index contributed by atoms with van der Waals surface area (Å²) in [6.07, 6.45) is 0.812. The summed E-state index contributed by atoms with van der Waals surface area (Å²) in [5, 5.41) is 0. The van der Waals surface area contributed by atoms with Gasteiger partial charge in [0.15, 0.2) is 0 Å². The topological polar surface area (TPSA) is 60.4 Å². The maximum Gasteiger partial charge on any atom is 0.133 e. The van der Waals surface area contributed by atoms with Crippen molar-refractivity contribution in [3.8, 4) is 0 Å². The van der Waals surface area contributed by atoms with E-state index in [0.717, 1.165) is 6.42 Å². The molecule has 6 unspecified atom stereocenters. The Hall–Kier alpha value is -1.03. The minimum absolute atomic E-state index is 0.0362. The van der Waals surface area contributed by atoms with Gasteiger partial charge in [-0.25, -0.2) is 0 Å². The van der Waals surface area contributed by atoms with Crippen LogP contribution >= 0.6 is 0 Å². The van der Waals surface area contributed by atoms with Gasteiger partial charge in [-0.3, -0.25) is 14.4 Å². The first-order valence-corrected chi connectivity index (χ1v) is 6.90. The van der Waals surface area contributed by atoms with Gasteiger partial charge in [-0.1, -0.05) is 0 Å². The first kappa shape index (κ1) is 14.4. The predicted molar refractivity (Wildman–Crippen MR) is 69.5 cm³/mol. The maximum atomic E-state index is 11.9. The van der Waals surface area contributed by atoms with Crippen LogP contribution in [0.1, 0.15) is 27.2 Å². The van der Waals surface area contributed by atoms with Crippen LogP contribution in [0, 0.1) is 35.5 Å². The number of ether oxygens (including phenoxy) is 1. The molecule has 0 saturated heterocycles. The van der Waals surface area contributed by atoms with Crippen LogP contribution in [0.25, 0.3) is 0 Å². The van der Waals surface area contributed by atoms with Crippen molar-refractivity contribution in [3.63, 3.8) is 0 Å². The molecule has 0 aromatic rings. The van der Waals surface area contributed by atoms with Gasteiger partial charge in [0, 0.05) is 31.5 Å². The lowest BCUT2D eigenvalue weighted by molar-refractivity contribution is -0.139. The van der Waals surface area contributed by atoms with E-state index in [1.54, 1.807) is 27.9 Å². The number of carbonyl (C=O) groups excluding carboxylic acids is 3. The summed E-state index contributed by atoms with van der Waals surface area (Å²) in [6, 6.07) is 0. The summed E-state index contributed by atoms with van der Waals surface area (Å²) in [5.74, 6) is -0.0677. The van der Waals surface area contributed by atoms with E-state index in [2.05, 4.69) is 0 Å². The molecular formula is C15H22O4. The summed E-state index contributed by atoms with van der Waals surface area (Å²) in [7, 11) is 1.62. The van der Waals surface area contributed by atoms with Crippen molar-refractivity contribution in [1.29, 1.82) is 0 Å². The van der Waals surface area contributed by atoms with E-state index in [4.69, 9.17) is 4.74 Å². The minimum atomic E-state index is -0.260. The largest absolute Gasteiger partial charge is 0.384 e. The molecule has 19 heavy (non-hydrogen) atoms. The van der Waals surface area contributed by atoms with Gasteiger partial charge in [-0.2, -0.15) is 0 Å². The second-order valence-electron chi connectivity index (χ2n) is 6.09. The second kappa shape index (κ2) is 5.16. The lowest BCUT2D eigenvalue weighted by Crippen LogP contribution is -2.44. The molecule has 0 aromatic carbocycles. The smallest absolute Gasteiger partial charge is 0.133 e. The molecule has 2 aliphatic carbocycles. The number of fused-ring (bicyclic) bond motifs is 2. The van der Waals surface area contributed by atoms with E-state index in [9.17, 15) is 14.4 Å². The Morgan fingerprint density at radius 3 is 1.79 bits per heavy atom. The molecule has 2 rings (SSSR count). The van der Waals surface area contributed by atoms with Gasteiger partial charge in [0.25, 0.3) is 0 Å². The van der Waals surface area contributed by atoms with E-state index in [1.807, 2.05) is 0 Å². The Kier molecular flexibility index (Phi) is 3.90. The van der Waals surface area contributed by atoms with E-state index >= 15 is 0 Å². The zero-order valence-electron chi connectivity index (χ0n) is 12.0. The third-order valence-electron chi connectivity index (χ3n) is 5.09. The number of Topliss-reactive ketones (excluding diaryl/α,β-unsaturated/α-hetero) is 3. The van der Waals surface area contributed by atoms with Crippen LogP contribution in [0.5, 0.6) is 0 Å². The van der Waals surface area contributed by atoms with Gasteiger partial charge >= 0.3 is 0 Å². The molecule has 0 radical (unpaired) electrons. The van der Waals surface area contributed by atoms with Crippen molar-refractivity contribution in [2.24, 2.45) is 35.5 Å². The van der Waals surface area contributed by atoms with E-state index in [1.165, 1.54) is 0 Å². The average molecular weight is 266 g/mol. The van der Waals surface area contributed by atoms with Crippen molar-refractivity contribution in [2.45, 2.75) is 27.2 Å². The van der Waals surface area contributed by atoms with Gasteiger partial charge in [0.2, 0.25) is 0 Å². The molecule has 4 nitrogen and oxygen atoms in total. The zero-order valence-corrected chi connectivity index (χ0v) is 12.0. The fraction of sp³-hybridized carbons (Fsp3) is 0.800. The summed E-state index contributed by atoms with van der Waals surface area (Å²) < 4.78 is 5.23. The van der Waals surface area contributed by atoms with Gasteiger partial charge in [0.1, 0.15) is 17.3 Å². The molecule has 6 atom stereocenters. The average Bonchev–Trinajstić information content (AvgIpc) is 2.83. The first-order chi connectivity index (χ1) is 8.90. The third-order valence-corrected chi connectivity index (χ3v) is 5.09. The van der Waals surface area contributed by atoms with Gasteiger partial charge in [-0.05, 0) is 44.9 Å². The highest BCUT2D eigenvalue weighted by Gasteiger charge is 2.61. The molecule has 2 bridgehead atoms. The maximum absolute atomic E-state index is 11.9. The number of methoxy groups -OCH3 is 1. The van der Waals surface area contributed by atoms with Gasteiger partial charge in [0.05, 0.1) is 0 Å². The van der Waals surface area contributed by atoms with E-state index < -0.39 is 0 Å². The third kappa shape index (κ3) is 2.16. The molecule has 2 fully saturated rings. The van der Waals surface area contributed by atoms with Crippen LogP contribution in [0.4, 0.5) is 0 Å². The summed E-state index contributed by atoms with van der Waals surface area (Å²) in [4.78, 5) is 35.7. The van der Waals surface area contributed by atoms with Gasteiger partial charge in [-0.15, -0.1) is 0 Å². The molecule has 0 aliphatic heterocycles. The Labute approximate surface area is 113 Å². The van der Waals surface area contributed by atoms with Gasteiger partial charge < -0.3 is 4.74 Å². The SMILES string of the molecule is COCC1C2CC(C1C(C)=O)C(C(C)=O)C2C(C)=O. The van der Waals surface area contributed by atoms with Crippen molar-refractivity contribution in [2.75, 3.05) is 13.7 Å². The second-order valence-corrected chi connectivity index (χ2v) is 6.09. The highest BCUT2D eigenvalue weighted by molar-refractivity contribution is 5.91. The first-order valence-electron chi connectivity index (χ1n) is 6.90. The van der Waals surface area contributed by atoms with Crippen molar-refractivity contribution in [1.82, 2.24) is 0 Å². The van der Waals surface area contributed by atoms with Crippen LogP contribution in [-0.2, 0) is 19.1 Å². The number of rotatable bonds is 5. The number of hydrogen-bond donors (Lipinski definition) is 0. The molecule has 106 valence electrons. The summed E-state index contributed by atoms with van der Waals surface area (Å²) in [6.45, 7) is 5.20. The lowest BCUT2D eigenvalue weighted by Gasteiger charge is -2.37. The molecule has 0 aromatic heterocycles. The fourth-order valence-electron chi connectivity index (χ4n) is 4.67. The molecule has 4 heteroatoms. The van der Waals surface area contributed by atoms with Crippen molar-refractivity contribution < 1.29 is 19.1 Å². The monoisotopic (exact) mass is 266 g/mol. The van der Waals surface area contributed by atoms with E-state index in [-0.39, 0.29) is 52.9 Å². The number of ketones is 3. The molecule has 0 amide bonds. The van der Waals surface area contributed by atoms with Crippen molar-refractivity contribution >= 4 is 17.3 Å². The highest BCUT2D eigenvalue weighted by Crippen LogP contribution is 2.59. The Balaban J connectivity index is 2.36. The predicted octanol–water partition coefficient (Wildman–Crippen LogP) is 1.51. The zero-order chi connectivity index (χ0) is 14.3.